The average molecular weight is 489 g/mol. The first-order valence-electron chi connectivity index (χ1n) is 10.5. The van der Waals surface area contributed by atoms with E-state index in [9.17, 15) is 4.79 Å². The van der Waals surface area contributed by atoms with Gasteiger partial charge in [0, 0.05) is 44.8 Å². The SMILES string of the molecule is CC1CC(NC(=NCC(=O)N(C)C)NC2CC3CCC2C3)CN1C1CC1.I. The maximum atomic E-state index is 12.0. The van der Waals surface area contributed by atoms with Crippen molar-refractivity contribution in [1.29, 1.82) is 0 Å². The highest BCUT2D eigenvalue weighted by Gasteiger charge is 2.41. The molecule has 27 heavy (non-hydrogen) atoms. The molecule has 4 aliphatic rings. The van der Waals surface area contributed by atoms with E-state index in [2.05, 4.69) is 27.4 Å². The summed E-state index contributed by atoms with van der Waals surface area (Å²) in [5, 5.41) is 7.36. The predicted molar refractivity (Wildman–Crippen MR) is 120 cm³/mol. The van der Waals surface area contributed by atoms with E-state index in [0.29, 0.717) is 18.1 Å². The van der Waals surface area contributed by atoms with Crippen LogP contribution >= 0.6 is 24.0 Å². The summed E-state index contributed by atoms with van der Waals surface area (Å²) in [5.41, 5.74) is 0. The number of aliphatic imine (C=N–C) groups is 1. The van der Waals surface area contributed by atoms with E-state index in [1.807, 2.05) is 0 Å². The van der Waals surface area contributed by atoms with Crippen LogP contribution in [-0.4, -0.2) is 73.0 Å². The Hall–Kier alpha value is -0.570. The molecule has 3 aliphatic carbocycles. The minimum absolute atomic E-state index is 0. The number of carbonyl (C=O) groups excluding carboxylic acids is 1. The molecule has 7 heteroatoms. The van der Waals surface area contributed by atoms with Crippen molar-refractivity contribution < 1.29 is 4.79 Å². The molecule has 0 aromatic carbocycles. The highest BCUT2D eigenvalue weighted by atomic mass is 127. The second kappa shape index (κ2) is 8.84. The Kier molecular flexibility index (Phi) is 6.93. The highest BCUT2D eigenvalue weighted by molar-refractivity contribution is 14.0. The fourth-order valence-corrected chi connectivity index (χ4v) is 5.29. The van der Waals surface area contributed by atoms with Gasteiger partial charge < -0.3 is 15.5 Å². The van der Waals surface area contributed by atoms with Gasteiger partial charge in [-0.2, -0.15) is 0 Å². The quantitative estimate of drug-likeness (QED) is 0.353. The van der Waals surface area contributed by atoms with Crippen molar-refractivity contribution in [3.05, 3.63) is 0 Å². The topological polar surface area (TPSA) is 60.0 Å². The molecule has 1 aliphatic heterocycles. The van der Waals surface area contributed by atoms with Gasteiger partial charge in [-0.25, -0.2) is 4.99 Å². The summed E-state index contributed by atoms with van der Waals surface area (Å²) in [4.78, 5) is 20.9. The summed E-state index contributed by atoms with van der Waals surface area (Å²) in [7, 11) is 3.58. The lowest BCUT2D eigenvalue weighted by Crippen LogP contribution is -2.50. The Morgan fingerprint density at radius 3 is 2.48 bits per heavy atom. The average Bonchev–Trinajstić information content (AvgIpc) is 3.05. The van der Waals surface area contributed by atoms with Crippen molar-refractivity contribution in [1.82, 2.24) is 20.4 Å². The molecule has 5 unspecified atom stereocenters. The standard InChI is InChI=1S/C20H35N5O.HI/c1-13-8-16(12-25(13)17-6-7-17)22-20(21-11-19(26)24(2)3)23-18-10-14-4-5-15(18)9-14;/h13-18H,4-12H2,1-3H3,(H2,21,22,23);1H. The van der Waals surface area contributed by atoms with Crippen molar-refractivity contribution in [2.75, 3.05) is 27.2 Å². The number of nitrogens with one attached hydrogen (secondary N) is 2. The number of amides is 1. The zero-order valence-corrected chi connectivity index (χ0v) is 19.3. The fraction of sp³-hybridized carbons (Fsp3) is 0.900. The maximum Gasteiger partial charge on any atom is 0.243 e. The van der Waals surface area contributed by atoms with E-state index in [4.69, 9.17) is 0 Å². The number of guanidine groups is 1. The third-order valence-electron chi connectivity index (χ3n) is 6.91. The number of likely N-dealkylation sites (tertiary alicyclic amines) is 1. The molecule has 1 heterocycles. The van der Waals surface area contributed by atoms with E-state index >= 15 is 0 Å². The Balaban J connectivity index is 0.00000210. The van der Waals surface area contributed by atoms with Crippen LogP contribution in [-0.2, 0) is 4.79 Å². The number of carbonyl (C=O) groups is 1. The molecule has 6 nitrogen and oxygen atoms in total. The van der Waals surface area contributed by atoms with Crippen LogP contribution in [0, 0.1) is 11.8 Å². The summed E-state index contributed by atoms with van der Waals surface area (Å²) in [6.07, 6.45) is 9.27. The summed E-state index contributed by atoms with van der Waals surface area (Å²) in [5.74, 6) is 2.60. The zero-order chi connectivity index (χ0) is 18.3. The number of rotatable bonds is 5. The minimum Gasteiger partial charge on any atom is -0.353 e. The molecule has 4 rings (SSSR count). The fourth-order valence-electron chi connectivity index (χ4n) is 5.29. The lowest BCUT2D eigenvalue weighted by atomic mass is 9.95. The molecular formula is C20H36IN5O. The number of halogens is 1. The lowest BCUT2D eigenvalue weighted by Gasteiger charge is -2.27. The van der Waals surface area contributed by atoms with Crippen LogP contribution in [0.25, 0.3) is 0 Å². The molecule has 3 saturated carbocycles. The molecule has 1 saturated heterocycles. The molecule has 0 radical (unpaired) electrons. The van der Waals surface area contributed by atoms with Crippen molar-refractivity contribution >= 4 is 35.8 Å². The van der Waals surface area contributed by atoms with Gasteiger partial charge in [-0.15, -0.1) is 24.0 Å². The van der Waals surface area contributed by atoms with Gasteiger partial charge in [-0.1, -0.05) is 6.42 Å². The van der Waals surface area contributed by atoms with E-state index in [1.165, 1.54) is 38.5 Å². The zero-order valence-electron chi connectivity index (χ0n) is 17.0. The van der Waals surface area contributed by atoms with Crippen molar-refractivity contribution in [3.8, 4) is 0 Å². The van der Waals surface area contributed by atoms with Gasteiger partial charge in [0.15, 0.2) is 5.96 Å². The maximum absolute atomic E-state index is 12.0. The van der Waals surface area contributed by atoms with Gasteiger partial charge in [0.2, 0.25) is 5.91 Å². The number of hydrogen-bond acceptors (Lipinski definition) is 3. The molecule has 4 fully saturated rings. The largest absolute Gasteiger partial charge is 0.353 e. The van der Waals surface area contributed by atoms with E-state index in [1.54, 1.807) is 19.0 Å². The van der Waals surface area contributed by atoms with Gasteiger partial charge in [0.1, 0.15) is 6.54 Å². The Morgan fingerprint density at radius 1 is 1.11 bits per heavy atom. The first kappa shape index (κ1) is 21.1. The monoisotopic (exact) mass is 489 g/mol. The molecule has 0 aromatic rings. The Morgan fingerprint density at radius 2 is 1.89 bits per heavy atom. The second-order valence-corrected chi connectivity index (χ2v) is 9.23. The number of fused-ring (bicyclic) bond motifs is 2. The number of hydrogen-bond donors (Lipinski definition) is 2. The van der Waals surface area contributed by atoms with Crippen molar-refractivity contribution in [2.24, 2.45) is 16.8 Å². The second-order valence-electron chi connectivity index (χ2n) is 9.23. The van der Waals surface area contributed by atoms with Crippen molar-refractivity contribution in [3.63, 3.8) is 0 Å². The van der Waals surface area contributed by atoms with E-state index < -0.39 is 0 Å². The summed E-state index contributed by atoms with van der Waals surface area (Å²) >= 11 is 0. The van der Waals surface area contributed by atoms with Gasteiger partial charge in [-0.3, -0.25) is 9.69 Å². The van der Waals surface area contributed by atoms with Crippen LogP contribution < -0.4 is 10.6 Å². The molecule has 5 atom stereocenters. The molecule has 0 spiro atoms. The first-order valence-corrected chi connectivity index (χ1v) is 10.5. The van der Waals surface area contributed by atoms with Gasteiger partial charge in [0.25, 0.3) is 0 Å². The van der Waals surface area contributed by atoms with Crippen LogP contribution in [0.15, 0.2) is 4.99 Å². The number of nitrogens with zero attached hydrogens (tertiary/aromatic N) is 3. The predicted octanol–water partition coefficient (Wildman–Crippen LogP) is 2.04. The molecule has 154 valence electrons. The smallest absolute Gasteiger partial charge is 0.243 e. The molecule has 2 bridgehead atoms. The Bertz CT molecular complexity index is 565. The summed E-state index contributed by atoms with van der Waals surface area (Å²) in [6.45, 7) is 3.67. The Labute approximate surface area is 180 Å². The normalized spacial score (nSPS) is 35.8. The van der Waals surface area contributed by atoms with Crippen LogP contribution in [0.2, 0.25) is 0 Å². The third-order valence-corrected chi connectivity index (χ3v) is 6.91. The van der Waals surface area contributed by atoms with Crippen molar-refractivity contribution in [2.45, 2.75) is 76.0 Å². The van der Waals surface area contributed by atoms with Gasteiger partial charge in [0.05, 0.1) is 0 Å². The molecule has 2 N–H and O–H groups in total. The van der Waals surface area contributed by atoms with Gasteiger partial charge in [-0.05, 0) is 57.3 Å². The molecule has 0 aromatic heterocycles. The summed E-state index contributed by atoms with van der Waals surface area (Å²) in [6, 6.07) is 2.43. The van der Waals surface area contributed by atoms with E-state index in [-0.39, 0.29) is 36.4 Å². The van der Waals surface area contributed by atoms with Crippen LogP contribution in [0.1, 0.15) is 51.9 Å². The summed E-state index contributed by atoms with van der Waals surface area (Å²) < 4.78 is 0. The third kappa shape index (κ3) is 5.08. The molecule has 1 amide bonds. The molecular weight excluding hydrogens is 453 g/mol. The van der Waals surface area contributed by atoms with Gasteiger partial charge >= 0.3 is 0 Å². The lowest BCUT2D eigenvalue weighted by molar-refractivity contribution is -0.127. The minimum atomic E-state index is 0. The van der Waals surface area contributed by atoms with E-state index in [0.717, 1.165) is 36.8 Å². The van der Waals surface area contributed by atoms with Crippen LogP contribution in [0.5, 0.6) is 0 Å². The highest BCUT2D eigenvalue weighted by Crippen LogP contribution is 2.44. The van der Waals surface area contributed by atoms with Crippen LogP contribution in [0.4, 0.5) is 0 Å². The van der Waals surface area contributed by atoms with Crippen LogP contribution in [0.3, 0.4) is 0 Å². The number of likely N-dealkylation sites (N-methyl/N-ethyl adjacent to an activating group) is 1. The first-order chi connectivity index (χ1) is 12.5.